The minimum atomic E-state index is 0.0880. The third-order valence-corrected chi connectivity index (χ3v) is 4.45. The van der Waals surface area contributed by atoms with Gasteiger partial charge in [-0.2, -0.15) is 10.1 Å². The van der Waals surface area contributed by atoms with Crippen LogP contribution in [0, 0.1) is 0 Å². The van der Waals surface area contributed by atoms with Gasteiger partial charge < -0.3 is 4.90 Å². The van der Waals surface area contributed by atoms with Gasteiger partial charge in [0.1, 0.15) is 0 Å². The first kappa shape index (κ1) is 16.5. The fourth-order valence-corrected chi connectivity index (χ4v) is 2.96. The van der Waals surface area contributed by atoms with Crippen molar-refractivity contribution in [1.82, 2.24) is 20.1 Å². The van der Waals surface area contributed by atoms with Crippen molar-refractivity contribution in [2.45, 2.75) is 19.0 Å². The average molecular weight is 338 g/mol. The Kier molecular flexibility index (Phi) is 6.41. The molecule has 22 heavy (non-hydrogen) atoms. The second kappa shape index (κ2) is 8.54. The topological polar surface area (TPSA) is 86.3 Å². The number of aromatic nitrogens is 3. The zero-order chi connectivity index (χ0) is 15.8. The maximum absolute atomic E-state index is 11.9. The summed E-state index contributed by atoms with van der Waals surface area (Å²) in [6, 6.07) is 3.93. The summed E-state index contributed by atoms with van der Waals surface area (Å²) < 4.78 is 0. The SMILES string of the molecule is CCN(CC)C(=O)CSc1n[nH]c(N/N=C\c2cccs2)n1. The number of anilines is 1. The number of H-pyrrole nitrogens is 1. The number of amides is 1. The van der Waals surface area contributed by atoms with Gasteiger partial charge in [-0.05, 0) is 25.3 Å². The van der Waals surface area contributed by atoms with E-state index in [9.17, 15) is 4.79 Å². The molecule has 0 saturated heterocycles. The zero-order valence-corrected chi connectivity index (χ0v) is 14.1. The van der Waals surface area contributed by atoms with Crippen LogP contribution in [0.3, 0.4) is 0 Å². The number of thioether (sulfide) groups is 1. The van der Waals surface area contributed by atoms with Crippen LogP contribution < -0.4 is 5.43 Å². The van der Waals surface area contributed by atoms with Crippen molar-refractivity contribution < 1.29 is 4.79 Å². The second-order valence-corrected chi connectivity index (χ2v) is 6.13. The highest BCUT2D eigenvalue weighted by atomic mass is 32.2. The highest BCUT2D eigenvalue weighted by molar-refractivity contribution is 7.99. The fourth-order valence-electron chi connectivity index (χ4n) is 1.68. The van der Waals surface area contributed by atoms with Gasteiger partial charge in [0.25, 0.3) is 0 Å². The van der Waals surface area contributed by atoms with Crippen LogP contribution in [0.25, 0.3) is 0 Å². The molecule has 0 aliphatic heterocycles. The number of carbonyl (C=O) groups is 1. The molecule has 2 heterocycles. The Labute approximate surface area is 137 Å². The number of aromatic amines is 1. The van der Waals surface area contributed by atoms with E-state index in [0.717, 1.165) is 4.88 Å². The van der Waals surface area contributed by atoms with Crippen LogP contribution in [-0.4, -0.2) is 51.0 Å². The molecule has 0 radical (unpaired) electrons. The lowest BCUT2D eigenvalue weighted by molar-refractivity contribution is -0.127. The van der Waals surface area contributed by atoms with E-state index >= 15 is 0 Å². The Morgan fingerprint density at radius 3 is 3.05 bits per heavy atom. The lowest BCUT2D eigenvalue weighted by Crippen LogP contribution is -2.31. The van der Waals surface area contributed by atoms with Gasteiger partial charge in [0.05, 0.1) is 12.0 Å². The Balaban J connectivity index is 1.80. The quantitative estimate of drug-likeness (QED) is 0.438. The third-order valence-electron chi connectivity index (χ3n) is 2.81. The lowest BCUT2D eigenvalue weighted by Gasteiger charge is -2.17. The van der Waals surface area contributed by atoms with Crippen molar-refractivity contribution in [2.75, 3.05) is 24.3 Å². The number of nitrogens with one attached hydrogen (secondary N) is 2. The molecule has 0 spiro atoms. The number of hydrogen-bond donors (Lipinski definition) is 2. The lowest BCUT2D eigenvalue weighted by atomic mass is 10.5. The molecule has 0 aliphatic carbocycles. The van der Waals surface area contributed by atoms with E-state index in [-0.39, 0.29) is 5.91 Å². The molecule has 118 valence electrons. The summed E-state index contributed by atoms with van der Waals surface area (Å²) in [5.41, 5.74) is 2.77. The van der Waals surface area contributed by atoms with Crippen LogP contribution in [0.15, 0.2) is 27.8 Å². The Bertz CT molecular complexity index is 606. The molecule has 0 unspecified atom stereocenters. The summed E-state index contributed by atoms with van der Waals surface area (Å²) >= 11 is 2.90. The van der Waals surface area contributed by atoms with Gasteiger partial charge in [0.15, 0.2) is 0 Å². The summed E-state index contributed by atoms with van der Waals surface area (Å²) in [6.45, 7) is 5.36. The maximum Gasteiger partial charge on any atom is 0.240 e. The normalized spacial score (nSPS) is 11.0. The molecular weight excluding hydrogens is 320 g/mol. The van der Waals surface area contributed by atoms with Crippen LogP contribution >= 0.6 is 23.1 Å². The summed E-state index contributed by atoms with van der Waals surface area (Å²) in [7, 11) is 0. The van der Waals surface area contributed by atoms with Crippen molar-refractivity contribution in [2.24, 2.45) is 5.10 Å². The van der Waals surface area contributed by atoms with Crippen molar-refractivity contribution in [3.63, 3.8) is 0 Å². The van der Waals surface area contributed by atoms with Gasteiger partial charge in [-0.15, -0.1) is 16.4 Å². The predicted octanol–water partition coefficient (Wildman–Crippen LogP) is 2.27. The Morgan fingerprint density at radius 1 is 1.55 bits per heavy atom. The van der Waals surface area contributed by atoms with E-state index in [0.29, 0.717) is 29.9 Å². The molecule has 2 rings (SSSR count). The maximum atomic E-state index is 11.9. The molecule has 0 atom stereocenters. The molecule has 0 aromatic carbocycles. The van der Waals surface area contributed by atoms with Crippen LogP contribution in [0.5, 0.6) is 0 Å². The molecule has 9 heteroatoms. The summed E-state index contributed by atoms with van der Waals surface area (Å²) in [6.07, 6.45) is 1.71. The molecule has 0 aliphatic rings. The number of hydrogen-bond acceptors (Lipinski definition) is 7. The van der Waals surface area contributed by atoms with E-state index in [1.54, 1.807) is 22.5 Å². The second-order valence-electron chi connectivity index (χ2n) is 4.21. The van der Waals surface area contributed by atoms with Gasteiger partial charge in [-0.1, -0.05) is 17.8 Å². The average Bonchev–Trinajstić information content (AvgIpc) is 3.18. The molecule has 2 N–H and O–H groups in total. The minimum absolute atomic E-state index is 0.0880. The largest absolute Gasteiger partial charge is 0.343 e. The monoisotopic (exact) mass is 338 g/mol. The predicted molar refractivity (Wildman–Crippen MR) is 90.6 cm³/mol. The van der Waals surface area contributed by atoms with Crippen LogP contribution in [0.2, 0.25) is 0 Å². The molecule has 7 nitrogen and oxygen atoms in total. The van der Waals surface area contributed by atoms with Crippen molar-refractivity contribution >= 4 is 41.2 Å². The van der Waals surface area contributed by atoms with Crippen LogP contribution in [0.4, 0.5) is 5.95 Å². The van der Waals surface area contributed by atoms with Gasteiger partial charge in [-0.3, -0.25) is 4.79 Å². The first-order valence-corrected chi connectivity index (χ1v) is 8.75. The van der Waals surface area contributed by atoms with Gasteiger partial charge in [0.2, 0.25) is 17.0 Å². The summed E-state index contributed by atoms with van der Waals surface area (Å²) in [5.74, 6) is 0.868. The van der Waals surface area contributed by atoms with Gasteiger partial charge >= 0.3 is 0 Å². The number of nitrogens with zero attached hydrogens (tertiary/aromatic N) is 4. The van der Waals surface area contributed by atoms with Crippen LogP contribution in [0.1, 0.15) is 18.7 Å². The van der Waals surface area contributed by atoms with E-state index < -0.39 is 0 Å². The Hall–Kier alpha value is -1.87. The molecule has 0 fully saturated rings. The van der Waals surface area contributed by atoms with Crippen LogP contribution in [-0.2, 0) is 4.79 Å². The molecule has 2 aromatic heterocycles. The van der Waals surface area contributed by atoms with E-state index in [2.05, 4.69) is 25.7 Å². The molecule has 2 aromatic rings. The summed E-state index contributed by atoms with van der Waals surface area (Å²) in [4.78, 5) is 18.9. The van der Waals surface area contributed by atoms with Crippen molar-refractivity contribution in [3.8, 4) is 0 Å². The zero-order valence-electron chi connectivity index (χ0n) is 12.4. The first-order chi connectivity index (χ1) is 10.7. The fraction of sp³-hybridized carbons (Fsp3) is 0.385. The number of rotatable bonds is 8. The van der Waals surface area contributed by atoms with Gasteiger partial charge in [0, 0.05) is 18.0 Å². The van der Waals surface area contributed by atoms with Crippen molar-refractivity contribution in [3.05, 3.63) is 22.4 Å². The van der Waals surface area contributed by atoms with E-state index in [1.165, 1.54) is 11.8 Å². The number of carbonyl (C=O) groups excluding carboxylic acids is 1. The molecule has 0 saturated carbocycles. The number of hydrazone groups is 1. The third kappa shape index (κ3) is 4.85. The molecule has 1 amide bonds. The highest BCUT2D eigenvalue weighted by Crippen LogP contribution is 2.14. The van der Waals surface area contributed by atoms with Gasteiger partial charge in [-0.25, -0.2) is 10.5 Å². The minimum Gasteiger partial charge on any atom is -0.343 e. The molecule has 0 bridgehead atoms. The Morgan fingerprint density at radius 2 is 2.36 bits per heavy atom. The number of thiophene rings is 1. The smallest absolute Gasteiger partial charge is 0.240 e. The molecular formula is C13H18N6OS2. The first-order valence-electron chi connectivity index (χ1n) is 6.88. The standard InChI is InChI=1S/C13H18N6OS2/c1-3-19(4-2)11(20)9-22-13-15-12(17-18-13)16-14-8-10-6-5-7-21-10/h5-8H,3-4,9H2,1-2H3,(H2,15,16,17,18)/b14-8-. The van der Waals surface area contributed by atoms with E-state index in [1.807, 2.05) is 31.4 Å². The van der Waals surface area contributed by atoms with E-state index in [4.69, 9.17) is 0 Å². The summed E-state index contributed by atoms with van der Waals surface area (Å²) in [5, 5.41) is 13.3. The van der Waals surface area contributed by atoms with Crippen molar-refractivity contribution in [1.29, 1.82) is 0 Å². The highest BCUT2D eigenvalue weighted by Gasteiger charge is 2.11.